The normalized spacial score (nSPS) is 15.9. The van der Waals surface area contributed by atoms with Crippen molar-refractivity contribution in [2.24, 2.45) is 0 Å². The first-order valence-corrected chi connectivity index (χ1v) is 7.02. The number of anilines is 1. The number of hydrogen-bond donors (Lipinski definition) is 1. The first-order chi connectivity index (χ1) is 10.7. The molecule has 0 fully saturated rings. The molecule has 0 aliphatic carbocycles. The molecular formula is C17H15NO4. The third-order valence-electron chi connectivity index (χ3n) is 3.38. The average Bonchev–Trinajstić information content (AvgIpc) is 2.85. The van der Waals surface area contributed by atoms with E-state index in [0.29, 0.717) is 17.7 Å². The summed E-state index contributed by atoms with van der Waals surface area (Å²) >= 11 is 0. The molecule has 22 heavy (non-hydrogen) atoms. The number of nitrogens with one attached hydrogen (secondary N) is 1. The Balaban J connectivity index is 1.75. The van der Waals surface area contributed by atoms with Crippen molar-refractivity contribution in [2.75, 3.05) is 11.9 Å². The van der Waals surface area contributed by atoms with Gasteiger partial charge in [0.05, 0.1) is 17.7 Å². The molecular weight excluding hydrogens is 282 g/mol. The summed E-state index contributed by atoms with van der Waals surface area (Å²) in [6.45, 7) is 2.10. The SMILES string of the molecule is CCOC(=O)c1ccc(N[C@@H]2OC(=O)c3ccccc32)cc1. The summed E-state index contributed by atoms with van der Waals surface area (Å²) in [7, 11) is 0. The minimum atomic E-state index is -0.517. The van der Waals surface area contributed by atoms with E-state index in [0.717, 1.165) is 11.3 Å². The second-order valence-electron chi connectivity index (χ2n) is 4.81. The van der Waals surface area contributed by atoms with Gasteiger partial charge in [0.25, 0.3) is 0 Å². The molecule has 3 rings (SSSR count). The summed E-state index contributed by atoms with van der Waals surface area (Å²) in [4.78, 5) is 23.4. The number of hydrogen-bond acceptors (Lipinski definition) is 5. The van der Waals surface area contributed by atoms with Crippen LogP contribution in [0, 0.1) is 0 Å². The van der Waals surface area contributed by atoms with Crippen molar-refractivity contribution in [2.45, 2.75) is 13.2 Å². The largest absolute Gasteiger partial charge is 0.462 e. The van der Waals surface area contributed by atoms with Crippen molar-refractivity contribution < 1.29 is 19.1 Å². The van der Waals surface area contributed by atoms with E-state index in [1.54, 1.807) is 43.3 Å². The van der Waals surface area contributed by atoms with E-state index in [1.165, 1.54) is 0 Å². The zero-order valence-electron chi connectivity index (χ0n) is 12.0. The van der Waals surface area contributed by atoms with Gasteiger partial charge in [-0.25, -0.2) is 9.59 Å². The molecule has 0 amide bonds. The van der Waals surface area contributed by atoms with E-state index >= 15 is 0 Å². The molecule has 0 bridgehead atoms. The lowest BCUT2D eigenvalue weighted by Gasteiger charge is -2.14. The average molecular weight is 297 g/mol. The topological polar surface area (TPSA) is 64.6 Å². The van der Waals surface area contributed by atoms with Gasteiger partial charge in [0.15, 0.2) is 0 Å². The fourth-order valence-electron chi connectivity index (χ4n) is 2.32. The first-order valence-electron chi connectivity index (χ1n) is 7.02. The van der Waals surface area contributed by atoms with Gasteiger partial charge >= 0.3 is 11.9 Å². The van der Waals surface area contributed by atoms with Crippen LogP contribution >= 0.6 is 0 Å². The summed E-state index contributed by atoms with van der Waals surface area (Å²) in [5.74, 6) is -0.692. The van der Waals surface area contributed by atoms with Crippen LogP contribution in [0.25, 0.3) is 0 Å². The van der Waals surface area contributed by atoms with Crippen LogP contribution < -0.4 is 5.32 Å². The molecule has 0 unspecified atom stereocenters. The summed E-state index contributed by atoms with van der Waals surface area (Å²) in [6, 6.07) is 14.1. The van der Waals surface area contributed by atoms with Crippen molar-refractivity contribution in [1.82, 2.24) is 0 Å². The van der Waals surface area contributed by atoms with Crippen molar-refractivity contribution in [3.8, 4) is 0 Å². The quantitative estimate of drug-likeness (QED) is 0.878. The molecule has 0 aromatic heterocycles. The zero-order valence-corrected chi connectivity index (χ0v) is 12.0. The molecule has 1 heterocycles. The maximum atomic E-state index is 11.8. The van der Waals surface area contributed by atoms with Gasteiger partial charge in [0.1, 0.15) is 0 Å². The molecule has 5 heteroatoms. The van der Waals surface area contributed by atoms with Crippen molar-refractivity contribution >= 4 is 17.6 Å². The summed E-state index contributed by atoms with van der Waals surface area (Å²) in [6.07, 6.45) is -0.517. The second-order valence-corrected chi connectivity index (χ2v) is 4.81. The molecule has 2 aromatic rings. The molecule has 5 nitrogen and oxygen atoms in total. The van der Waals surface area contributed by atoms with Gasteiger partial charge in [-0.2, -0.15) is 0 Å². The molecule has 1 aliphatic rings. The maximum absolute atomic E-state index is 11.8. The minimum Gasteiger partial charge on any atom is -0.462 e. The summed E-state index contributed by atoms with van der Waals surface area (Å²) < 4.78 is 10.2. The monoisotopic (exact) mass is 297 g/mol. The zero-order chi connectivity index (χ0) is 15.5. The Bertz CT molecular complexity index is 709. The Morgan fingerprint density at radius 1 is 1.18 bits per heavy atom. The van der Waals surface area contributed by atoms with E-state index in [-0.39, 0.29) is 11.9 Å². The van der Waals surface area contributed by atoms with Gasteiger partial charge in [-0.1, -0.05) is 18.2 Å². The third-order valence-corrected chi connectivity index (χ3v) is 3.38. The lowest BCUT2D eigenvalue weighted by molar-refractivity contribution is 0.0436. The highest BCUT2D eigenvalue weighted by atomic mass is 16.6. The number of rotatable bonds is 4. The van der Waals surface area contributed by atoms with Crippen molar-refractivity contribution in [3.63, 3.8) is 0 Å². The molecule has 0 spiro atoms. The Labute approximate surface area is 127 Å². The van der Waals surface area contributed by atoms with Crippen LogP contribution in [-0.4, -0.2) is 18.5 Å². The highest BCUT2D eigenvalue weighted by molar-refractivity contribution is 5.94. The number of carbonyl (C=O) groups is 2. The smallest absolute Gasteiger partial charge is 0.340 e. The van der Waals surface area contributed by atoms with Gasteiger partial charge in [-0.05, 0) is 37.3 Å². The molecule has 112 valence electrons. The Kier molecular flexibility index (Phi) is 3.78. The molecule has 1 aliphatic heterocycles. The molecule has 0 saturated carbocycles. The molecule has 1 atom stereocenters. The molecule has 2 aromatic carbocycles. The van der Waals surface area contributed by atoms with Gasteiger partial charge in [-0.15, -0.1) is 0 Å². The van der Waals surface area contributed by atoms with Crippen molar-refractivity contribution in [1.29, 1.82) is 0 Å². The fourth-order valence-corrected chi connectivity index (χ4v) is 2.32. The van der Waals surface area contributed by atoms with Crippen LogP contribution in [0.15, 0.2) is 48.5 Å². The molecule has 0 saturated heterocycles. The van der Waals surface area contributed by atoms with Gasteiger partial charge in [0, 0.05) is 11.3 Å². The number of benzene rings is 2. The number of esters is 2. The van der Waals surface area contributed by atoms with E-state index in [4.69, 9.17) is 9.47 Å². The van der Waals surface area contributed by atoms with Crippen LogP contribution in [-0.2, 0) is 9.47 Å². The highest BCUT2D eigenvalue weighted by Gasteiger charge is 2.30. The van der Waals surface area contributed by atoms with Crippen LogP contribution in [0.2, 0.25) is 0 Å². The minimum absolute atomic E-state index is 0.337. The Hall–Kier alpha value is -2.82. The summed E-state index contributed by atoms with van der Waals surface area (Å²) in [5.41, 5.74) is 2.61. The lowest BCUT2D eigenvalue weighted by Crippen LogP contribution is -2.10. The number of fused-ring (bicyclic) bond motifs is 1. The van der Waals surface area contributed by atoms with Crippen LogP contribution in [0.5, 0.6) is 0 Å². The van der Waals surface area contributed by atoms with Crippen LogP contribution in [0.1, 0.15) is 39.4 Å². The predicted octanol–water partition coefficient (Wildman–Crippen LogP) is 3.14. The van der Waals surface area contributed by atoms with E-state index < -0.39 is 6.23 Å². The lowest BCUT2D eigenvalue weighted by atomic mass is 10.1. The van der Waals surface area contributed by atoms with E-state index in [2.05, 4.69) is 5.32 Å². The Morgan fingerprint density at radius 2 is 1.91 bits per heavy atom. The maximum Gasteiger partial charge on any atom is 0.340 e. The second kappa shape index (κ2) is 5.89. The fraction of sp³-hybridized carbons (Fsp3) is 0.176. The number of ether oxygens (including phenoxy) is 2. The number of carbonyl (C=O) groups excluding carboxylic acids is 2. The van der Waals surface area contributed by atoms with Gasteiger partial charge in [0.2, 0.25) is 6.23 Å². The number of cyclic esters (lactones) is 1. The van der Waals surface area contributed by atoms with Crippen molar-refractivity contribution in [3.05, 3.63) is 65.2 Å². The van der Waals surface area contributed by atoms with Crippen LogP contribution in [0.3, 0.4) is 0 Å². The summed E-state index contributed by atoms with van der Waals surface area (Å²) in [5, 5.41) is 3.13. The van der Waals surface area contributed by atoms with E-state index in [1.807, 2.05) is 12.1 Å². The molecule has 0 radical (unpaired) electrons. The Morgan fingerprint density at radius 3 is 2.64 bits per heavy atom. The van der Waals surface area contributed by atoms with Crippen LogP contribution in [0.4, 0.5) is 5.69 Å². The van der Waals surface area contributed by atoms with Gasteiger partial charge < -0.3 is 14.8 Å². The third kappa shape index (κ3) is 2.65. The standard InChI is InChI=1S/C17H15NO4/c1-2-21-16(19)11-7-9-12(10-8-11)18-15-13-5-3-4-6-14(13)17(20)22-15/h3-10,15,18H,2H2,1H3/t15-/m1/s1. The van der Waals surface area contributed by atoms with Gasteiger partial charge in [-0.3, -0.25) is 0 Å². The van der Waals surface area contributed by atoms with E-state index in [9.17, 15) is 9.59 Å². The first kappa shape index (κ1) is 14.1. The molecule has 1 N–H and O–H groups in total. The predicted molar refractivity (Wildman–Crippen MR) is 80.6 cm³/mol. The highest BCUT2D eigenvalue weighted by Crippen LogP contribution is 2.31.